The molecule has 48 heavy (non-hydrogen) atoms. The van der Waals surface area contributed by atoms with Crippen LogP contribution in [0.3, 0.4) is 0 Å². The van der Waals surface area contributed by atoms with Gasteiger partial charge in [-0.3, -0.25) is 0 Å². The van der Waals surface area contributed by atoms with Crippen molar-refractivity contribution in [3.63, 3.8) is 0 Å². The Morgan fingerprint density at radius 2 is 1.00 bits per heavy atom. The predicted octanol–water partition coefficient (Wildman–Crippen LogP) is 14.8. The van der Waals surface area contributed by atoms with Crippen LogP contribution in [0.15, 0.2) is 42.5 Å². The van der Waals surface area contributed by atoms with Crippen molar-refractivity contribution < 1.29 is 0 Å². The fraction of sp³-hybridized carbons (Fsp3) is 0.636. The van der Waals surface area contributed by atoms with Crippen LogP contribution in [-0.2, 0) is 0 Å². The lowest BCUT2D eigenvalue weighted by atomic mass is 10.0. The highest BCUT2D eigenvalue weighted by Crippen LogP contribution is 2.32. The van der Waals surface area contributed by atoms with Crippen LogP contribution < -0.4 is 9.00 Å². The normalized spacial score (nSPS) is 12.2. The second-order valence-electron chi connectivity index (χ2n) is 15.9. The lowest BCUT2D eigenvalue weighted by molar-refractivity contribution is 0.561. The van der Waals surface area contributed by atoms with E-state index < -0.39 is 16.1 Å². The monoisotopic (exact) mass is 718 g/mol. The van der Waals surface area contributed by atoms with Crippen molar-refractivity contribution in [3.8, 4) is 10.4 Å². The van der Waals surface area contributed by atoms with Gasteiger partial charge >= 0.3 is 0 Å². The van der Waals surface area contributed by atoms with Crippen molar-refractivity contribution in [2.45, 2.75) is 181 Å². The van der Waals surface area contributed by atoms with Gasteiger partial charge in [-0.1, -0.05) is 211 Å². The van der Waals surface area contributed by atoms with Crippen LogP contribution >= 0.6 is 22.7 Å². The summed E-state index contributed by atoms with van der Waals surface area (Å²) in [5, 5.41) is 0. The zero-order chi connectivity index (χ0) is 34.7. The van der Waals surface area contributed by atoms with Gasteiger partial charge in [-0.15, -0.1) is 22.7 Å². The highest BCUT2D eigenvalue weighted by Gasteiger charge is 2.26. The Kier molecular flexibility index (Phi) is 19.4. The molecule has 266 valence electrons. The van der Waals surface area contributed by atoms with Crippen molar-refractivity contribution in [2.75, 3.05) is 0 Å². The fourth-order valence-electron chi connectivity index (χ4n) is 6.97. The molecule has 2 aromatic heterocycles. The van der Waals surface area contributed by atoms with Gasteiger partial charge in [0, 0.05) is 15.3 Å². The molecule has 0 unspecified atom stereocenters. The average molecular weight is 719 g/mol. The van der Waals surface area contributed by atoms with Crippen LogP contribution in [0, 0.1) is 12.6 Å². The molecule has 0 aliphatic carbocycles. The van der Waals surface area contributed by atoms with Crippen LogP contribution in [0.25, 0.3) is 16.0 Å². The maximum atomic E-state index is 6.87. The number of hydrogen-bond acceptors (Lipinski definition) is 2. The predicted molar refractivity (Wildman–Crippen MR) is 227 cm³/mol. The number of rotatable bonds is 27. The molecule has 0 N–H and O–H groups in total. The summed E-state index contributed by atoms with van der Waals surface area (Å²) >= 11 is 3.95. The minimum absolute atomic E-state index is 0.915. The number of hydrogen-bond donors (Lipinski definition) is 0. The lowest BCUT2D eigenvalue weighted by Gasteiger charge is -2.20. The van der Waals surface area contributed by atoms with E-state index in [-0.39, 0.29) is 0 Å². The van der Waals surface area contributed by atoms with E-state index in [9.17, 15) is 0 Å². The summed E-state index contributed by atoms with van der Waals surface area (Å²) in [7, 11) is -2.88. The van der Waals surface area contributed by atoms with Gasteiger partial charge in [-0.2, -0.15) is 0 Å². The molecular weight excluding hydrogens is 649 g/mol. The summed E-state index contributed by atoms with van der Waals surface area (Å²) < 4.78 is 3.22. The number of unbranched alkanes of at least 4 members (excludes halogenated alkanes) is 18. The van der Waals surface area contributed by atoms with Crippen molar-refractivity contribution in [2.24, 2.45) is 0 Å². The first-order chi connectivity index (χ1) is 23.2. The third kappa shape index (κ3) is 14.6. The maximum absolute atomic E-state index is 6.87. The lowest BCUT2D eigenvalue weighted by Crippen LogP contribution is -2.38. The highest BCUT2D eigenvalue weighted by molar-refractivity contribution is 7.29. The van der Waals surface area contributed by atoms with E-state index in [1.165, 1.54) is 156 Å². The molecule has 1 aromatic carbocycles. The first-order valence-electron chi connectivity index (χ1n) is 20.0. The summed E-state index contributed by atoms with van der Waals surface area (Å²) in [6, 6.07) is 22.2. The largest absolute Gasteiger partial charge is 0.145 e. The summed E-state index contributed by atoms with van der Waals surface area (Å²) in [4.78, 5) is 2.56. The van der Waals surface area contributed by atoms with Crippen molar-refractivity contribution in [1.82, 2.24) is 0 Å². The standard InChI is InChI=1S/C44H70S2Si2/c1-8-10-12-14-16-18-20-22-24-26-35-47(4,5)43-33-31-41(45-43)38(3)39-29-28-30-40(37-39)42-32-34-44(46-42)48(6,7)36-27-25-23-21-19-17-15-13-11-9-2/h3,28-29,31-34,37H,8-27,35-36H2,1-2,4-7H3. The molecule has 2 heterocycles. The molecule has 0 bridgehead atoms. The highest BCUT2D eigenvalue weighted by atomic mass is 32.1. The smallest absolute Gasteiger partial charge is 0.0934 e. The van der Waals surface area contributed by atoms with Crippen LogP contribution in [0.5, 0.6) is 0 Å². The third-order valence-electron chi connectivity index (χ3n) is 10.5. The summed E-state index contributed by atoms with van der Waals surface area (Å²) in [6.07, 6.45) is 28.2. The maximum Gasteiger partial charge on any atom is 0.0934 e. The molecular formula is C44H70S2Si2. The third-order valence-corrected chi connectivity index (χ3v) is 22.5. The molecule has 0 fully saturated rings. The molecule has 2 radical (unpaired) electrons. The van der Waals surface area contributed by atoms with Gasteiger partial charge in [0.2, 0.25) is 0 Å². The Labute approximate surface area is 308 Å². The quantitative estimate of drug-likeness (QED) is 0.0544. The number of benzene rings is 1. The average Bonchev–Trinajstić information content (AvgIpc) is 3.79. The molecule has 3 rings (SSSR count). The van der Waals surface area contributed by atoms with Crippen molar-refractivity contribution in [1.29, 1.82) is 0 Å². The first kappa shape index (κ1) is 41.2. The first-order valence-corrected chi connectivity index (χ1v) is 28.1. The molecule has 3 aromatic rings. The second-order valence-corrected chi connectivity index (χ2v) is 28.4. The summed E-state index contributed by atoms with van der Waals surface area (Å²) in [6.45, 7) is 21.7. The van der Waals surface area contributed by atoms with E-state index in [2.05, 4.69) is 88.6 Å². The molecule has 0 aliphatic rings. The van der Waals surface area contributed by atoms with E-state index >= 15 is 0 Å². The second kappa shape index (κ2) is 22.6. The molecule has 0 aliphatic heterocycles. The Hall–Kier alpha value is -1.21. The van der Waals surface area contributed by atoms with E-state index in [0.29, 0.717) is 0 Å². The van der Waals surface area contributed by atoms with E-state index in [0.717, 1.165) is 11.1 Å². The van der Waals surface area contributed by atoms with E-state index in [1.807, 2.05) is 22.7 Å². The molecule has 0 atom stereocenters. The van der Waals surface area contributed by atoms with Crippen LogP contribution in [0.1, 0.15) is 153 Å². The number of thiophene rings is 2. The van der Waals surface area contributed by atoms with E-state index in [4.69, 9.17) is 6.58 Å². The Morgan fingerprint density at radius 1 is 0.562 bits per heavy atom. The Morgan fingerprint density at radius 3 is 1.50 bits per heavy atom. The topological polar surface area (TPSA) is 0 Å². The van der Waals surface area contributed by atoms with E-state index in [1.54, 1.807) is 9.00 Å². The van der Waals surface area contributed by atoms with Crippen LogP contribution in [0.4, 0.5) is 0 Å². The van der Waals surface area contributed by atoms with Gasteiger partial charge < -0.3 is 0 Å². The summed E-state index contributed by atoms with van der Waals surface area (Å²) in [5.41, 5.74) is 3.23. The molecule has 4 heteroatoms. The Bertz CT molecular complexity index is 1300. The van der Waals surface area contributed by atoms with Gasteiger partial charge in [-0.25, -0.2) is 0 Å². The molecule has 0 saturated carbocycles. The molecule has 0 nitrogen and oxygen atoms in total. The zero-order valence-electron chi connectivity index (χ0n) is 32.0. The molecule has 0 spiro atoms. The van der Waals surface area contributed by atoms with Gasteiger partial charge in [0.15, 0.2) is 0 Å². The molecule has 0 amide bonds. The van der Waals surface area contributed by atoms with Gasteiger partial charge in [0.25, 0.3) is 0 Å². The Balaban J connectivity index is 1.46. The summed E-state index contributed by atoms with van der Waals surface area (Å²) in [5.74, 6) is 0. The van der Waals surface area contributed by atoms with Crippen LogP contribution in [-0.4, -0.2) is 16.1 Å². The van der Waals surface area contributed by atoms with Crippen molar-refractivity contribution >= 4 is 53.4 Å². The van der Waals surface area contributed by atoms with Gasteiger partial charge in [-0.05, 0) is 44.4 Å². The SMILES string of the molecule is [CH]=C(c1cc[c]c(-c2ccc([Si](C)(C)CCCCCCCCCCCC)s2)c1)c1ccc([Si](C)(C)CCCCCCCCCCCC)s1. The minimum atomic E-state index is -1.45. The van der Waals surface area contributed by atoms with Crippen molar-refractivity contribution in [3.05, 3.63) is 65.6 Å². The van der Waals surface area contributed by atoms with Crippen LogP contribution in [0.2, 0.25) is 38.3 Å². The van der Waals surface area contributed by atoms with Gasteiger partial charge in [0.05, 0.1) is 16.1 Å². The van der Waals surface area contributed by atoms with Gasteiger partial charge in [0.1, 0.15) is 0 Å². The zero-order valence-corrected chi connectivity index (χ0v) is 35.6. The minimum Gasteiger partial charge on any atom is -0.145 e. The molecule has 0 saturated heterocycles. The fourth-order valence-corrected chi connectivity index (χ4v) is 15.8.